The van der Waals surface area contributed by atoms with Gasteiger partial charge >= 0.3 is 0 Å². The molecule has 6 nitrogen and oxygen atoms in total. The van der Waals surface area contributed by atoms with Gasteiger partial charge in [-0.3, -0.25) is 14.2 Å². The first-order valence-electron chi connectivity index (χ1n) is 9.38. The monoisotopic (exact) mass is 364 g/mol. The summed E-state index contributed by atoms with van der Waals surface area (Å²) >= 11 is 0. The molecule has 3 aromatic heterocycles. The minimum atomic E-state index is 0.0248. The maximum absolute atomic E-state index is 13.2. The first-order valence-corrected chi connectivity index (χ1v) is 9.38. The number of likely N-dealkylation sites (tertiary alicyclic amines) is 1. The number of nitrogens with zero attached hydrogens (tertiary/aromatic N) is 4. The molecular formula is C21H24N4O2. The Morgan fingerprint density at radius 1 is 1.26 bits per heavy atom. The number of imidazole rings is 1. The molecule has 1 unspecified atom stereocenters. The van der Waals surface area contributed by atoms with Gasteiger partial charge in [0, 0.05) is 25.5 Å². The maximum Gasteiger partial charge on any atom is 0.272 e. The Morgan fingerprint density at radius 3 is 2.96 bits per heavy atom. The smallest absolute Gasteiger partial charge is 0.272 e. The van der Waals surface area contributed by atoms with E-state index >= 15 is 0 Å². The van der Waals surface area contributed by atoms with Gasteiger partial charge < -0.3 is 9.64 Å². The van der Waals surface area contributed by atoms with Crippen molar-refractivity contribution in [1.82, 2.24) is 19.3 Å². The lowest BCUT2D eigenvalue weighted by molar-refractivity contribution is -0.00806. The van der Waals surface area contributed by atoms with Gasteiger partial charge in [0.05, 0.1) is 24.1 Å². The number of amides is 1. The fourth-order valence-corrected chi connectivity index (χ4v) is 3.62. The minimum Gasteiger partial charge on any atom is -0.370 e. The molecule has 1 amide bonds. The van der Waals surface area contributed by atoms with Gasteiger partial charge in [0.25, 0.3) is 5.91 Å². The van der Waals surface area contributed by atoms with Crippen LogP contribution in [-0.4, -0.2) is 44.4 Å². The van der Waals surface area contributed by atoms with E-state index in [0.717, 1.165) is 42.0 Å². The lowest BCUT2D eigenvalue weighted by Crippen LogP contribution is -2.43. The van der Waals surface area contributed by atoms with Crippen LogP contribution in [-0.2, 0) is 11.3 Å². The second-order valence-electron chi connectivity index (χ2n) is 7.13. The third kappa shape index (κ3) is 3.71. The summed E-state index contributed by atoms with van der Waals surface area (Å²) < 4.78 is 7.93. The Bertz CT molecular complexity index is 951. The van der Waals surface area contributed by atoms with Crippen LogP contribution < -0.4 is 0 Å². The van der Waals surface area contributed by atoms with Gasteiger partial charge in [0.2, 0.25) is 0 Å². The average molecular weight is 364 g/mol. The van der Waals surface area contributed by atoms with Crippen LogP contribution in [0, 0.1) is 13.8 Å². The zero-order chi connectivity index (χ0) is 18.8. The van der Waals surface area contributed by atoms with E-state index in [4.69, 9.17) is 4.74 Å². The van der Waals surface area contributed by atoms with Crippen molar-refractivity contribution in [2.75, 3.05) is 13.1 Å². The second kappa shape index (κ2) is 7.48. The Labute approximate surface area is 158 Å². The van der Waals surface area contributed by atoms with Crippen molar-refractivity contribution < 1.29 is 9.53 Å². The van der Waals surface area contributed by atoms with E-state index in [0.29, 0.717) is 18.8 Å². The predicted molar refractivity (Wildman–Crippen MR) is 103 cm³/mol. The van der Waals surface area contributed by atoms with E-state index < -0.39 is 0 Å². The lowest BCUT2D eigenvalue weighted by Gasteiger charge is -2.32. The van der Waals surface area contributed by atoms with Crippen molar-refractivity contribution >= 4 is 11.6 Å². The van der Waals surface area contributed by atoms with Crippen molar-refractivity contribution in [2.24, 2.45) is 0 Å². The molecule has 27 heavy (non-hydrogen) atoms. The number of hydrogen-bond acceptors (Lipinski definition) is 4. The molecule has 0 N–H and O–H groups in total. The first-order chi connectivity index (χ1) is 13.1. The molecule has 0 radical (unpaired) electrons. The summed E-state index contributed by atoms with van der Waals surface area (Å²) in [5, 5.41) is 0. The number of fused-ring (bicyclic) bond motifs is 1. The SMILES string of the molecule is Cc1ccc2nc(C)c(C(=O)N3CCCC(OCc4ccccn4)C3)n2c1. The van der Waals surface area contributed by atoms with E-state index in [2.05, 4.69) is 9.97 Å². The third-order valence-electron chi connectivity index (χ3n) is 5.00. The number of aromatic nitrogens is 3. The van der Waals surface area contributed by atoms with Crippen LogP contribution in [0.25, 0.3) is 5.65 Å². The van der Waals surface area contributed by atoms with Gasteiger partial charge in [0.15, 0.2) is 0 Å². The Hall–Kier alpha value is -2.73. The lowest BCUT2D eigenvalue weighted by atomic mass is 10.1. The van der Waals surface area contributed by atoms with Gasteiger partial charge in [0.1, 0.15) is 11.3 Å². The van der Waals surface area contributed by atoms with Crippen molar-refractivity contribution in [3.8, 4) is 0 Å². The van der Waals surface area contributed by atoms with Crippen LogP contribution in [0.1, 0.15) is 40.3 Å². The number of carbonyl (C=O) groups is 1. The van der Waals surface area contributed by atoms with Crippen LogP contribution in [0.2, 0.25) is 0 Å². The zero-order valence-electron chi connectivity index (χ0n) is 15.8. The van der Waals surface area contributed by atoms with Crippen molar-refractivity contribution in [3.05, 3.63) is 65.4 Å². The Balaban J connectivity index is 1.49. The second-order valence-corrected chi connectivity index (χ2v) is 7.13. The van der Waals surface area contributed by atoms with Crippen molar-refractivity contribution in [3.63, 3.8) is 0 Å². The largest absolute Gasteiger partial charge is 0.370 e. The summed E-state index contributed by atoms with van der Waals surface area (Å²) in [6, 6.07) is 9.77. The topological polar surface area (TPSA) is 59.7 Å². The van der Waals surface area contributed by atoms with E-state index in [1.54, 1.807) is 6.20 Å². The number of piperidine rings is 1. The highest BCUT2D eigenvalue weighted by molar-refractivity contribution is 5.94. The van der Waals surface area contributed by atoms with Crippen LogP contribution >= 0.6 is 0 Å². The molecular weight excluding hydrogens is 340 g/mol. The normalized spacial score (nSPS) is 17.4. The molecule has 1 aliphatic heterocycles. The standard InChI is InChI=1S/C21H24N4O2/c1-15-8-9-19-23-16(2)20(25(19)12-15)21(26)24-11-5-7-18(13-24)27-14-17-6-3-4-10-22-17/h3-4,6,8-10,12,18H,5,7,11,13-14H2,1-2H3. The van der Waals surface area contributed by atoms with Gasteiger partial charge in [-0.05, 0) is 50.5 Å². The molecule has 4 heterocycles. The fourth-order valence-electron chi connectivity index (χ4n) is 3.62. The molecule has 1 fully saturated rings. The summed E-state index contributed by atoms with van der Waals surface area (Å²) in [5.41, 5.74) is 4.24. The first kappa shape index (κ1) is 17.7. The van der Waals surface area contributed by atoms with Gasteiger partial charge in [-0.15, -0.1) is 0 Å². The molecule has 1 aliphatic rings. The summed E-state index contributed by atoms with van der Waals surface area (Å²) in [6.07, 6.45) is 5.67. The summed E-state index contributed by atoms with van der Waals surface area (Å²) in [4.78, 5) is 24.0. The molecule has 3 aromatic rings. The highest BCUT2D eigenvalue weighted by Crippen LogP contribution is 2.20. The summed E-state index contributed by atoms with van der Waals surface area (Å²) in [5.74, 6) is 0.0248. The highest BCUT2D eigenvalue weighted by Gasteiger charge is 2.28. The molecule has 0 bridgehead atoms. The van der Waals surface area contributed by atoms with Crippen LogP contribution in [0.3, 0.4) is 0 Å². The number of carbonyl (C=O) groups excluding carboxylic acids is 1. The highest BCUT2D eigenvalue weighted by atomic mass is 16.5. The Morgan fingerprint density at radius 2 is 2.15 bits per heavy atom. The van der Waals surface area contributed by atoms with Crippen LogP contribution in [0.15, 0.2) is 42.7 Å². The predicted octanol–water partition coefficient (Wildman–Crippen LogP) is 3.17. The summed E-state index contributed by atoms with van der Waals surface area (Å²) in [6.45, 7) is 5.74. The minimum absolute atomic E-state index is 0.0248. The van der Waals surface area contributed by atoms with E-state index in [9.17, 15) is 4.79 Å². The van der Waals surface area contributed by atoms with Gasteiger partial charge in [-0.1, -0.05) is 12.1 Å². The number of hydrogen-bond donors (Lipinski definition) is 0. The van der Waals surface area contributed by atoms with Gasteiger partial charge in [-0.25, -0.2) is 4.98 Å². The van der Waals surface area contributed by atoms with Gasteiger partial charge in [-0.2, -0.15) is 0 Å². The van der Waals surface area contributed by atoms with Crippen molar-refractivity contribution in [2.45, 2.75) is 39.4 Å². The van der Waals surface area contributed by atoms with Crippen LogP contribution in [0.5, 0.6) is 0 Å². The third-order valence-corrected chi connectivity index (χ3v) is 5.00. The molecule has 4 rings (SSSR count). The number of pyridine rings is 2. The zero-order valence-corrected chi connectivity index (χ0v) is 15.8. The number of aryl methyl sites for hydroxylation is 2. The van der Waals surface area contributed by atoms with Crippen LogP contribution in [0.4, 0.5) is 0 Å². The fraction of sp³-hybridized carbons (Fsp3) is 0.381. The number of ether oxygens (including phenoxy) is 1. The molecule has 140 valence electrons. The molecule has 1 atom stereocenters. The molecule has 0 saturated carbocycles. The summed E-state index contributed by atoms with van der Waals surface area (Å²) in [7, 11) is 0. The quantitative estimate of drug-likeness (QED) is 0.713. The number of rotatable bonds is 4. The van der Waals surface area contributed by atoms with E-state index in [-0.39, 0.29) is 12.0 Å². The average Bonchev–Trinajstić information content (AvgIpc) is 3.02. The molecule has 6 heteroatoms. The van der Waals surface area contributed by atoms with E-state index in [1.807, 2.05) is 59.7 Å². The Kier molecular flexibility index (Phi) is 4.90. The van der Waals surface area contributed by atoms with Crippen molar-refractivity contribution in [1.29, 1.82) is 0 Å². The molecule has 0 aliphatic carbocycles. The molecule has 0 aromatic carbocycles. The molecule has 1 saturated heterocycles. The molecule has 0 spiro atoms. The maximum atomic E-state index is 13.2. The van der Waals surface area contributed by atoms with E-state index in [1.165, 1.54) is 0 Å².